The van der Waals surface area contributed by atoms with Gasteiger partial charge in [0.05, 0.1) is 9.27 Å². The van der Waals surface area contributed by atoms with Crippen LogP contribution in [0, 0.1) is 0 Å². The molecule has 15 heavy (non-hydrogen) atoms. The zero-order valence-corrected chi connectivity index (χ0v) is 9.36. The number of nitrogens with zero attached hydrogens (tertiary/aromatic N) is 1. The molecule has 1 heterocycles. The van der Waals surface area contributed by atoms with E-state index in [9.17, 15) is 8.87 Å². The third-order valence-corrected chi connectivity index (χ3v) is 1.79. The maximum Gasteiger partial charge on any atom is 0.323 e. The molecule has 0 saturated carbocycles. The zero-order valence-electron chi connectivity index (χ0n) is 7.03. The van der Waals surface area contributed by atoms with Gasteiger partial charge in [0, 0.05) is 12.1 Å². The molecule has 0 radical (unpaired) electrons. The Morgan fingerprint density at radius 1 is 1.33 bits per heavy atom. The quantitative estimate of drug-likeness (QED) is 0.578. The summed E-state index contributed by atoms with van der Waals surface area (Å²) in [5.41, 5.74) is 0. The highest BCUT2D eigenvalue weighted by Gasteiger charge is 2.11. The molecule has 1 rings (SSSR count). The molecule has 0 aromatic carbocycles. The highest BCUT2D eigenvalue weighted by molar-refractivity contribution is 7.85. The molecular formula is C6H5Cl2F2NO3S. The van der Waals surface area contributed by atoms with Crippen molar-refractivity contribution in [3.05, 3.63) is 28.5 Å². The fraction of sp³-hybridized carbons (Fsp3) is 0.167. The van der Waals surface area contributed by atoms with Gasteiger partial charge in [-0.15, -0.1) is 0 Å². The summed E-state index contributed by atoms with van der Waals surface area (Å²) in [5.74, 6) is 0. The van der Waals surface area contributed by atoms with Crippen molar-refractivity contribution in [2.24, 2.45) is 0 Å². The standard InChI is InChI=1S/C5H3Cl2FN.CH3FO3S/c6-4-2-1-3-5(7)9(4)8;2-1-6(3,4)5/h1-3H;1H2,(H,3,4,5)/q+1;/p-1. The Morgan fingerprint density at radius 3 is 1.87 bits per heavy atom. The van der Waals surface area contributed by atoms with Gasteiger partial charge < -0.3 is 4.55 Å². The second-order valence-electron chi connectivity index (χ2n) is 2.12. The highest BCUT2D eigenvalue weighted by Crippen LogP contribution is 2.06. The van der Waals surface area contributed by atoms with E-state index in [0.717, 1.165) is 0 Å². The summed E-state index contributed by atoms with van der Waals surface area (Å²) in [6, 6.07) is 2.58. The van der Waals surface area contributed by atoms with Gasteiger partial charge in [-0.2, -0.15) is 0 Å². The molecule has 0 atom stereocenters. The van der Waals surface area contributed by atoms with Gasteiger partial charge in [-0.1, -0.05) is 0 Å². The molecule has 4 nitrogen and oxygen atoms in total. The van der Waals surface area contributed by atoms with E-state index in [4.69, 9.17) is 36.2 Å². The lowest BCUT2D eigenvalue weighted by molar-refractivity contribution is -0.840. The molecule has 0 N–H and O–H groups in total. The van der Waals surface area contributed by atoms with Crippen molar-refractivity contribution in [2.45, 2.75) is 0 Å². The van der Waals surface area contributed by atoms with E-state index in [2.05, 4.69) is 0 Å². The first-order chi connectivity index (χ1) is 6.78. The lowest BCUT2D eigenvalue weighted by Crippen LogP contribution is -2.24. The number of hydrogen-bond donors (Lipinski definition) is 0. The van der Waals surface area contributed by atoms with Crippen LogP contribution in [0.1, 0.15) is 0 Å². The van der Waals surface area contributed by atoms with Gasteiger partial charge in [-0.05, 0) is 29.3 Å². The van der Waals surface area contributed by atoms with E-state index < -0.39 is 16.1 Å². The molecule has 0 aliphatic heterocycles. The molecule has 9 heteroatoms. The van der Waals surface area contributed by atoms with Crippen molar-refractivity contribution in [1.82, 2.24) is 0 Å². The third kappa shape index (κ3) is 6.56. The number of pyridine rings is 1. The summed E-state index contributed by atoms with van der Waals surface area (Å²) in [6.07, 6.45) is 0. The molecular weight excluding hydrogens is 275 g/mol. The average molecular weight is 280 g/mol. The van der Waals surface area contributed by atoms with Gasteiger partial charge in [0.25, 0.3) is 0 Å². The SMILES string of the molecule is F[n+]1c(Cl)cccc1Cl.O=S(=O)([O-])CF. The van der Waals surface area contributed by atoms with E-state index in [0.29, 0.717) is 0 Å². The smallest absolute Gasteiger partial charge is 0.323 e. The molecule has 1 aromatic rings. The molecule has 0 amide bonds. The van der Waals surface area contributed by atoms with Crippen molar-refractivity contribution in [1.29, 1.82) is 0 Å². The van der Waals surface area contributed by atoms with Crippen LogP contribution in [0.5, 0.6) is 0 Å². The van der Waals surface area contributed by atoms with E-state index in [-0.39, 0.29) is 15.1 Å². The van der Waals surface area contributed by atoms with Gasteiger partial charge >= 0.3 is 10.3 Å². The van der Waals surface area contributed by atoms with Gasteiger partial charge in [-0.3, -0.25) is 0 Å². The van der Waals surface area contributed by atoms with E-state index in [1.807, 2.05) is 0 Å². The van der Waals surface area contributed by atoms with Crippen molar-refractivity contribution >= 4 is 33.3 Å². The molecule has 0 unspecified atom stereocenters. The summed E-state index contributed by atoms with van der Waals surface area (Å²) in [7, 11) is -4.58. The van der Waals surface area contributed by atoms with Crippen molar-refractivity contribution in [3.63, 3.8) is 0 Å². The normalized spacial score (nSPS) is 10.5. The second kappa shape index (κ2) is 6.16. The first kappa shape index (κ1) is 14.5. The van der Waals surface area contributed by atoms with Gasteiger partial charge in [0.1, 0.15) is 10.1 Å². The maximum absolute atomic E-state index is 12.4. The predicted molar refractivity (Wildman–Crippen MR) is 48.8 cm³/mol. The summed E-state index contributed by atoms with van der Waals surface area (Å²) in [6.45, 7) is 0. The first-order valence-corrected chi connectivity index (χ1v) is 5.63. The largest absolute Gasteiger partial charge is 0.746 e. The maximum atomic E-state index is 12.4. The number of halogens is 4. The van der Waals surface area contributed by atoms with Crippen molar-refractivity contribution < 1.29 is 26.6 Å². The Labute approximate surface area is 94.7 Å². The Kier molecular flexibility index (Phi) is 5.96. The molecule has 0 aliphatic carbocycles. The monoisotopic (exact) mass is 279 g/mol. The number of hydrogen-bond acceptors (Lipinski definition) is 3. The summed E-state index contributed by atoms with van der Waals surface area (Å²) >= 11 is 10.6. The van der Waals surface area contributed by atoms with Crippen LogP contribution in [0.2, 0.25) is 10.3 Å². The fourth-order valence-electron chi connectivity index (χ4n) is 0.440. The number of aromatic nitrogens is 1. The van der Waals surface area contributed by atoms with Crippen LogP contribution in [0.3, 0.4) is 0 Å². The fourth-order valence-corrected chi connectivity index (χ4v) is 0.811. The third-order valence-electron chi connectivity index (χ3n) is 0.976. The van der Waals surface area contributed by atoms with E-state index in [1.54, 1.807) is 6.07 Å². The topological polar surface area (TPSA) is 61.1 Å². The number of alkyl halides is 1. The van der Waals surface area contributed by atoms with Gasteiger partial charge in [0.2, 0.25) is 0 Å². The highest BCUT2D eigenvalue weighted by atomic mass is 35.5. The summed E-state index contributed by atoms with van der Waals surface area (Å²) in [4.78, 5) is 0.198. The van der Waals surface area contributed by atoms with Crippen molar-refractivity contribution in [3.8, 4) is 0 Å². The molecule has 86 valence electrons. The summed E-state index contributed by atoms with van der Waals surface area (Å²) < 4.78 is 50.2. The van der Waals surface area contributed by atoms with Crippen molar-refractivity contribution in [2.75, 3.05) is 6.01 Å². The molecule has 0 saturated heterocycles. The minimum atomic E-state index is -4.58. The van der Waals surface area contributed by atoms with Crippen LogP contribution in [0.15, 0.2) is 18.2 Å². The Bertz CT molecular complexity index is 406. The lowest BCUT2D eigenvalue weighted by Gasteiger charge is -1.94. The van der Waals surface area contributed by atoms with Gasteiger partial charge in [-0.25, -0.2) is 12.8 Å². The Balaban J connectivity index is 0.000000288. The van der Waals surface area contributed by atoms with Crippen LogP contribution in [-0.2, 0) is 10.1 Å². The lowest BCUT2D eigenvalue weighted by atomic mass is 10.5. The minimum absolute atomic E-state index is 0.0255. The summed E-state index contributed by atoms with van der Waals surface area (Å²) in [5, 5.41) is -0.0509. The zero-order chi connectivity index (χ0) is 12.1. The predicted octanol–water partition coefficient (Wildman–Crippen LogP) is 1.47. The molecule has 0 bridgehead atoms. The van der Waals surface area contributed by atoms with E-state index >= 15 is 0 Å². The van der Waals surface area contributed by atoms with Crippen LogP contribution < -0.4 is 4.79 Å². The Morgan fingerprint density at radius 2 is 1.67 bits per heavy atom. The molecule has 0 aliphatic rings. The van der Waals surface area contributed by atoms with Crippen LogP contribution in [-0.4, -0.2) is 19.0 Å². The number of rotatable bonds is 1. The molecule has 0 fully saturated rings. The minimum Gasteiger partial charge on any atom is -0.746 e. The first-order valence-electron chi connectivity index (χ1n) is 3.29. The second-order valence-corrected chi connectivity index (χ2v) is 4.23. The Hall–Kier alpha value is -0.500. The van der Waals surface area contributed by atoms with Crippen LogP contribution in [0.25, 0.3) is 0 Å². The van der Waals surface area contributed by atoms with E-state index in [1.165, 1.54) is 12.1 Å². The van der Waals surface area contributed by atoms with Crippen LogP contribution >= 0.6 is 23.2 Å². The van der Waals surface area contributed by atoms with Gasteiger partial charge in [0.15, 0.2) is 6.01 Å². The average Bonchev–Trinajstić information content (AvgIpc) is 2.14. The molecule has 1 aromatic heterocycles. The van der Waals surface area contributed by atoms with Crippen LogP contribution in [0.4, 0.5) is 8.87 Å². The molecule has 0 spiro atoms.